The second-order valence-corrected chi connectivity index (χ2v) is 14.3. The molecule has 1 unspecified atom stereocenters. The van der Waals surface area contributed by atoms with Crippen LogP contribution in [0.3, 0.4) is 0 Å². The van der Waals surface area contributed by atoms with Gasteiger partial charge in [0.2, 0.25) is 0 Å². The fourth-order valence-electron chi connectivity index (χ4n) is 5.56. The van der Waals surface area contributed by atoms with Crippen LogP contribution in [0.2, 0.25) is 0 Å². The zero-order chi connectivity index (χ0) is 29.4. The first kappa shape index (κ1) is 39.6. The molecular weight excluding hydrogens is 511 g/mol. The quantitative estimate of drug-likeness (QED) is 0.0471. The van der Waals surface area contributed by atoms with Crippen LogP contribution < -0.4 is 0 Å². The van der Waals surface area contributed by atoms with Gasteiger partial charge < -0.3 is 9.79 Å². The molecule has 0 aromatic rings. The maximum absolute atomic E-state index is 12.0. The summed E-state index contributed by atoms with van der Waals surface area (Å²) >= 11 is 0. The fourth-order valence-corrected chi connectivity index (χ4v) is 6.60. The predicted octanol–water partition coefficient (Wildman–Crippen LogP) is 13.0. The van der Waals surface area contributed by atoms with Crippen molar-refractivity contribution in [1.82, 2.24) is 0 Å². The van der Waals surface area contributed by atoms with Gasteiger partial charge in [0.25, 0.3) is 0 Å². The molecule has 0 aliphatic rings. The standard InChI is InChI=1S/C36H71O3P/c1-3-5-7-9-11-13-15-17-19-21-23-25-27-29-31-33-35-36(40(37,38)39)34-32-30-28-26-24-22-20-18-16-14-12-10-8-6-4-2/h17-20,36H,3-16,21-35H2,1-2H3,(H2,37,38,39). The second kappa shape index (κ2) is 31.6. The van der Waals surface area contributed by atoms with Gasteiger partial charge in [-0.3, -0.25) is 4.57 Å². The Bertz CT molecular complexity index is 595. The summed E-state index contributed by atoms with van der Waals surface area (Å²) in [5.74, 6) is 0. The molecule has 238 valence electrons. The van der Waals surface area contributed by atoms with E-state index in [0.717, 1.165) is 25.7 Å². The maximum atomic E-state index is 12.0. The third-order valence-corrected chi connectivity index (χ3v) is 9.79. The third kappa shape index (κ3) is 30.6. The van der Waals surface area contributed by atoms with E-state index in [-0.39, 0.29) is 0 Å². The molecule has 0 rings (SSSR count). The first-order valence-corrected chi connectivity index (χ1v) is 19.6. The average molecular weight is 583 g/mol. The Balaban J connectivity index is 3.60. The second-order valence-electron chi connectivity index (χ2n) is 12.3. The molecule has 0 radical (unpaired) electrons. The number of hydrogen-bond acceptors (Lipinski definition) is 1. The van der Waals surface area contributed by atoms with Gasteiger partial charge in [0.1, 0.15) is 0 Å². The summed E-state index contributed by atoms with van der Waals surface area (Å²) in [4.78, 5) is 19.6. The van der Waals surface area contributed by atoms with Crippen LogP contribution in [-0.4, -0.2) is 15.4 Å². The van der Waals surface area contributed by atoms with Crippen LogP contribution in [0.5, 0.6) is 0 Å². The predicted molar refractivity (Wildman–Crippen MR) is 179 cm³/mol. The molecule has 0 spiro atoms. The lowest BCUT2D eigenvalue weighted by molar-refractivity contribution is 0.345. The monoisotopic (exact) mass is 583 g/mol. The normalized spacial score (nSPS) is 13.2. The van der Waals surface area contributed by atoms with Gasteiger partial charge >= 0.3 is 7.60 Å². The van der Waals surface area contributed by atoms with E-state index in [2.05, 4.69) is 38.2 Å². The van der Waals surface area contributed by atoms with Crippen molar-refractivity contribution in [3.8, 4) is 0 Å². The molecule has 0 aliphatic carbocycles. The minimum Gasteiger partial charge on any atom is -0.324 e. The van der Waals surface area contributed by atoms with E-state index in [4.69, 9.17) is 0 Å². The largest absolute Gasteiger partial charge is 0.328 e. The molecule has 40 heavy (non-hydrogen) atoms. The van der Waals surface area contributed by atoms with Crippen LogP contribution in [0.4, 0.5) is 0 Å². The smallest absolute Gasteiger partial charge is 0.324 e. The summed E-state index contributed by atoms with van der Waals surface area (Å²) in [7, 11) is -3.97. The van der Waals surface area contributed by atoms with E-state index < -0.39 is 13.3 Å². The van der Waals surface area contributed by atoms with Crippen molar-refractivity contribution in [2.24, 2.45) is 0 Å². The molecule has 4 heteroatoms. The average Bonchev–Trinajstić information content (AvgIpc) is 2.93. The topological polar surface area (TPSA) is 57.5 Å². The van der Waals surface area contributed by atoms with Crippen LogP contribution in [0.25, 0.3) is 0 Å². The molecule has 0 aliphatic heterocycles. The molecule has 0 saturated heterocycles. The minimum atomic E-state index is -3.97. The molecule has 0 saturated carbocycles. The molecule has 0 amide bonds. The van der Waals surface area contributed by atoms with Crippen LogP contribution in [-0.2, 0) is 4.57 Å². The molecule has 0 aromatic carbocycles. The highest BCUT2D eigenvalue weighted by molar-refractivity contribution is 7.52. The van der Waals surface area contributed by atoms with Crippen molar-refractivity contribution in [2.75, 3.05) is 0 Å². The molecular formula is C36H71O3P. The number of allylic oxidation sites excluding steroid dienone is 4. The lowest BCUT2D eigenvalue weighted by Crippen LogP contribution is -2.08. The molecule has 1 atom stereocenters. The highest BCUT2D eigenvalue weighted by atomic mass is 31.2. The summed E-state index contributed by atoms with van der Waals surface area (Å²) in [5, 5.41) is 0. The summed E-state index contributed by atoms with van der Waals surface area (Å²) in [6.07, 6.45) is 44.9. The number of unbranched alkanes of at least 4 members (excludes halogenated alkanes) is 23. The minimum absolute atomic E-state index is 0.422. The van der Waals surface area contributed by atoms with Crippen LogP contribution in [0, 0.1) is 0 Å². The van der Waals surface area contributed by atoms with E-state index in [1.54, 1.807) is 0 Å². The van der Waals surface area contributed by atoms with E-state index >= 15 is 0 Å². The highest BCUT2D eigenvalue weighted by Gasteiger charge is 2.27. The van der Waals surface area contributed by atoms with Gasteiger partial charge in [0.15, 0.2) is 0 Å². The van der Waals surface area contributed by atoms with Crippen molar-refractivity contribution in [2.45, 2.75) is 206 Å². The lowest BCUT2D eigenvalue weighted by Gasteiger charge is -2.18. The molecule has 0 aromatic heterocycles. The highest BCUT2D eigenvalue weighted by Crippen LogP contribution is 2.46. The molecule has 2 N–H and O–H groups in total. The Morgan fingerprint density at radius 1 is 0.425 bits per heavy atom. The first-order chi connectivity index (χ1) is 19.5. The van der Waals surface area contributed by atoms with E-state index in [9.17, 15) is 14.4 Å². The number of hydrogen-bond donors (Lipinski definition) is 2. The Hall–Kier alpha value is -0.370. The zero-order valence-electron chi connectivity index (χ0n) is 27.1. The summed E-state index contributed by atoms with van der Waals surface area (Å²) in [5.41, 5.74) is -0.422. The lowest BCUT2D eigenvalue weighted by atomic mass is 10.0. The SMILES string of the molecule is CCCCCCCCC=CCCCCCCCCC(CCCCCCCC=CCCCCCCCC)P(=O)(O)O. The van der Waals surface area contributed by atoms with Crippen molar-refractivity contribution in [1.29, 1.82) is 0 Å². The fraction of sp³-hybridized carbons (Fsp3) is 0.889. The van der Waals surface area contributed by atoms with Crippen LogP contribution in [0.1, 0.15) is 200 Å². The van der Waals surface area contributed by atoms with Gasteiger partial charge in [0.05, 0.1) is 5.66 Å². The van der Waals surface area contributed by atoms with Gasteiger partial charge in [0, 0.05) is 0 Å². The van der Waals surface area contributed by atoms with E-state index in [1.165, 1.54) is 148 Å². The first-order valence-electron chi connectivity index (χ1n) is 17.9. The van der Waals surface area contributed by atoms with Crippen LogP contribution >= 0.6 is 7.60 Å². The van der Waals surface area contributed by atoms with Gasteiger partial charge in [-0.2, -0.15) is 0 Å². The Labute approximate surface area is 251 Å². The number of rotatable bonds is 32. The zero-order valence-corrected chi connectivity index (χ0v) is 28.0. The van der Waals surface area contributed by atoms with Crippen molar-refractivity contribution in [3.63, 3.8) is 0 Å². The third-order valence-electron chi connectivity index (χ3n) is 8.32. The van der Waals surface area contributed by atoms with Crippen molar-refractivity contribution >= 4 is 7.60 Å². The van der Waals surface area contributed by atoms with Gasteiger partial charge in [-0.15, -0.1) is 0 Å². The van der Waals surface area contributed by atoms with E-state index in [0.29, 0.717) is 12.8 Å². The van der Waals surface area contributed by atoms with Crippen molar-refractivity contribution < 1.29 is 14.4 Å². The maximum Gasteiger partial charge on any atom is 0.328 e. The Kier molecular flexibility index (Phi) is 31.3. The van der Waals surface area contributed by atoms with Gasteiger partial charge in [-0.05, 0) is 64.2 Å². The van der Waals surface area contributed by atoms with E-state index in [1.807, 2.05) is 0 Å². The Morgan fingerprint density at radius 3 is 0.950 bits per heavy atom. The summed E-state index contributed by atoms with van der Waals surface area (Å²) < 4.78 is 12.0. The van der Waals surface area contributed by atoms with Gasteiger partial charge in [-0.25, -0.2) is 0 Å². The molecule has 0 fully saturated rings. The van der Waals surface area contributed by atoms with Crippen LogP contribution in [0.15, 0.2) is 24.3 Å². The molecule has 3 nitrogen and oxygen atoms in total. The summed E-state index contributed by atoms with van der Waals surface area (Å²) in [6, 6.07) is 0. The van der Waals surface area contributed by atoms with Crippen molar-refractivity contribution in [3.05, 3.63) is 24.3 Å². The van der Waals surface area contributed by atoms with Gasteiger partial charge in [-0.1, -0.05) is 160 Å². The Morgan fingerprint density at radius 2 is 0.675 bits per heavy atom. The molecule has 0 bridgehead atoms. The summed E-state index contributed by atoms with van der Waals surface area (Å²) in [6.45, 7) is 4.54. The molecule has 0 heterocycles.